The Kier molecular flexibility index (Phi) is 4.96. The number of nitrogens with one attached hydrogen (secondary N) is 2. The first-order chi connectivity index (χ1) is 9.20. The molecule has 4 N–H and O–H groups in total. The smallest absolute Gasteiger partial charge is 0.148 e. The number of anilines is 2. The first-order valence-electron chi connectivity index (χ1n) is 7.22. The molecule has 0 amide bonds. The lowest BCUT2D eigenvalue weighted by Crippen LogP contribution is -2.17. The summed E-state index contributed by atoms with van der Waals surface area (Å²) < 4.78 is 0. The molecule has 19 heavy (non-hydrogen) atoms. The molecule has 0 aromatic carbocycles. The van der Waals surface area contributed by atoms with Gasteiger partial charge in [0.2, 0.25) is 0 Å². The monoisotopic (exact) mass is 263 g/mol. The first kappa shape index (κ1) is 14.1. The van der Waals surface area contributed by atoms with Crippen LogP contribution in [-0.4, -0.2) is 16.5 Å². The number of hydrazine groups is 1. The first-order valence-corrected chi connectivity index (χ1v) is 7.22. The van der Waals surface area contributed by atoms with Crippen LogP contribution in [0.2, 0.25) is 0 Å². The van der Waals surface area contributed by atoms with Crippen molar-refractivity contribution in [3.8, 4) is 0 Å². The van der Waals surface area contributed by atoms with E-state index in [9.17, 15) is 0 Å². The molecule has 5 heteroatoms. The van der Waals surface area contributed by atoms with Crippen molar-refractivity contribution < 1.29 is 0 Å². The molecule has 0 unspecified atom stereocenters. The van der Waals surface area contributed by atoms with E-state index in [0.29, 0.717) is 5.82 Å². The van der Waals surface area contributed by atoms with E-state index in [0.717, 1.165) is 29.8 Å². The SMILES string of the molecule is Cc1c(NN)ncnc1NCCC1CCC(C)CC1. The molecule has 0 atom stereocenters. The highest BCUT2D eigenvalue weighted by molar-refractivity contribution is 5.55. The Morgan fingerprint density at radius 1 is 1.21 bits per heavy atom. The summed E-state index contributed by atoms with van der Waals surface area (Å²) in [5.41, 5.74) is 3.56. The van der Waals surface area contributed by atoms with Gasteiger partial charge in [-0.3, -0.25) is 0 Å². The van der Waals surface area contributed by atoms with Gasteiger partial charge in [0.05, 0.1) is 0 Å². The van der Waals surface area contributed by atoms with Crippen molar-refractivity contribution >= 4 is 11.6 Å². The zero-order valence-electron chi connectivity index (χ0n) is 11.9. The van der Waals surface area contributed by atoms with E-state index in [1.165, 1.54) is 38.4 Å². The Morgan fingerprint density at radius 3 is 2.58 bits per heavy atom. The lowest BCUT2D eigenvalue weighted by atomic mass is 9.81. The van der Waals surface area contributed by atoms with Crippen LogP contribution in [0.15, 0.2) is 6.33 Å². The maximum absolute atomic E-state index is 5.41. The van der Waals surface area contributed by atoms with Gasteiger partial charge in [-0.2, -0.15) is 0 Å². The van der Waals surface area contributed by atoms with Crippen molar-refractivity contribution in [2.75, 3.05) is 17.3 Å². The van der Waals surface area contributed by atoms with Gasteiger partial charge < -0.3 is 10.7 Å². The molecule has 1 aliphatic carbocycles. The van der Waals surface area contributed by atoms with Gasteiger partial charge in [0, 0.05) is 12.1 Å². The van der Waals surface area contributed by atoms with E-state index in [2.05, 4.69) is 27.6 Å². The fourth-order valence-corrected chi connectivity index (χ4v) is 2.79. The van der Waals surface area contributed by atoms with Crippen LogP contribution in [0.5, 0.6) is 0 Å². The van der Waals surface area contributed by atoms with Gasteiger partial charge in [0.15, 0.2) is 0 Å². The molecule has 1 fully saturated rings. The molecule has 2 rings (SSSR count). The highest BCUT2D eigenvalue weighted by atomic mass is 15.3. The number of rotatable bonds is 5. The molecule has 1 aromatic rings. The zero-order valence-corrected chi connectivity index (χ0v) is 11.9. The zero-order chi connectivity index (χ0) is 13.7. The Balaban J connectivity index is 1.79. The van der Waals surface area contributed by atoms with E-state index >= 15 is 0 Å². The molecule has 1 saturated carbocycles. The molecule has 0 spiro atoms. The second kappa shape index (κ2) is 6.70. The van der Waals surface area contributed by atoms with E-state index < -0.39 is 0 Å². The van der Waals surface area contributed by atoms with Crippen molar-refractivity contribution in [3.05, 3.63) is 11.9 Å². The Hall–Kier alpha value is -1.36. The summed E-state index contributed by atoms with van der Waals surface area (Å²) in [5, 5.41) is 3.40. The van der Waals surface area contributed by atoms with Crippen LogP contribution in [0.3, 0.4) is 0 Å². The Labute approximate surface area is 115 Å². The van der Waals surface area contributed by atoms with Gasteiger partial charge in [0.1, 0.15) is 18.0 Å². The lowest BCUT2D eigenvalue weighted by Gasteiger charge is -2.26. The lowest BCUT2D eigenvalue weighted by molar-refractivity contribution is 0.282. The Bertz CT molecular complexity index is 399. The molecule has 0 aliphatic heterocycles. The topological polar surface area (TPSA) is 75.9 Å². The molecule has 0 radical (unpaired) electrons. The molecule has 0 bridgehead atoms. The van der Waals surface area contributed by atoms with Crippen LogP contribution < -0.4 is 16.6 Å². The van der Waals surface area contributed by atoms with E-state index in [1.54, 1.807) is 0 Å². The fourth-order valence-electron chi connectivity index (χ4n) is 2.79. The number of nitrogens with zero attached hydrogens (tertiary/aromatic N) is 2. The maximum Gasteiger partial charge on any atom is 0.148 e. The van der Waals surface area contributed by atoms with Crippen molar-refractivity contribution in [2.24, 2.45) is 17.7 Å². The van der Waals surface area contributed by atoms with Crippen molar-refractivity contribution in [3.63, 3.8) is 0 Å². The third-order valence-corrected chi connectivity index (χ3v) is 4.20. The number of aromatic nitrogens is 2. The predicted octanol–water partition coefficient (Wildman–Crippen LogP) is 2.70. The predicted molar refractivity (Wildman–Crippen MR) is 78.8 cm³/mol. The third kappa shape index (κ3) is 3.80. The Morgan fingerprint density at radius 2 is 1.89 bits per heavy atom. The van der Waals surface area contributed by atoms with E-state index in [4.69, 9.17) is 5.84 Å². The van der Waals surface area contributed by atoms with Crippen LogP contribution in [0.1, 0.15) is 44.6 Å². The highest BCUT2D eigenvalue weighted by Gasteiger charge is 2.17. The van der Waals surface area contributed by atoms with E-state index in [1.807, 2.05) is 6.92 Å². The molecule has 1 heterocycles. The van der Waals surface area contributed by atoms with E-state index in [-0.39, 0.29) is 0 Å². The molecule has 5 nitrogen and oxygen atoms in total. The highest BCUT2D eigenvalue weighted by Crippen LogP contribution is 2.30. The van der Waals surface area contributed by atoms with Gasteiger partial charge >= 0.3 is 0 Å². The fraction of sp³-hybridized carbons (Fsp3) is 0.714. The average Bonchev–Trinajstić information content (AvgIpc) is 2.43. The largest absolute Gasteiger partial charge is 0.370 e. The molecular weight excluding hydrogens is 238 g/mol. The van der Waals surface area contributed by atoms with Crippen LogP contribution >= 0.6 is 0 Å². The normalized spacial score (nSPS) is 23.1. The standard InChI is InChI=1S/C14H25N5/c1-10-3-5-12(6-4-10)7-8-16-13-11(2)14(19-15)18-9-17-13/h9-10,12H,3-8,15H2,1-2H3,(H2,16,17,18,19). The minimum absolute atomic E-state index is 0.684. The second-order valence-electron chi connectivity index (χ2n) is 5.68. The average molecular weight is 263 g/mol. The summed E-state index contributed by atoms with van der Waals surface area (Å²) in [6.07, 6.45) is 8.29. The van der Waals surface area contributed by atoms with Crippen molar-refractivity contribution in [2.45, 2.75) is 46.0 Å². The minimum atomic E-state index is 0.684. The minimum Gasteiger partial charge on any atom is -0.370 e. The number of hydrogen-bond donors (Lipinski definition) is 3. The summed E-state index contributed by atoms with van der Waals surface area (Å²) in [6, 6.07) is 0. The molecule has 0 saturated heterocycles. The summed E-state index contributed by atoms with van der Waals surface area (Å²) in [5.74, 6) is 8.77. The molecule has 106 valence electrons. The summed E-state index contributed by atoms with van der Waals surface area (Å²) in [6.45, 7) is 5.31. The van der Waals surface area contributed by atoms with Crippen molar-refractivity contribution in [1.29, 1.82) is 0 Å². The van der Waals surface area contributed by atoms with Gasteiger partial charge in [0.25, 0.3) is 0 Å². The summed E-state index contributed by atoms with van der Waals surface area (Å²) >= 11 is 0. The number of hydrogen-bond acceptors (Lipinski definition) is 5. The summed E-state index contributed by atoms with van der Waals surface area (Å²) in [4.78, 5) is 8.34. The second-order valence-corrected chi connectivity index (χ2v) is 5.68. The maximum atomic E-state index is 5.41. The van der Waals surface area contributed by atoms with Crippen LogP contribution in [-0.2, 0) is 0 Å². The van der Waals surface area contributed by atoms with Gasteiger partial charge in [-0.05, 0) is 25.2 Å². The summed E-state index contributed by atoms with van der Waals surface area (Å²) in [7, 11) is 0. The van der Waals surface area contributed by atoms with Gasteiger partial charge in [-0.15, -0.1) is 0 Å². The van der Waals surface area contributed by atoms with Gasteiger partial charge in [-0.25, -0.2) is 15.8 Å². The quantitative estimate of drug-likeness (QED) is 0.562. The molecular formula is C14H25N5. The number of nitrogen functional groups attached to an aromatic ring is 1. The van der Waals surface area contributed by atoms with Gasteiger partial charge in [-0.1, -0.05) is 32.6 Å². The number of nitrogens with two attached hydrogens (primary N) is 1. The van der Waals surface area contributed by atoms with Crippen molar-refractivity contribution in [1.82, 2.24) is 9.97 Å². The van der Waals surface area contributed by atoms with Crippen LogP contribution in [0.25, 0.3) is 0 Å². The van der Waals surface area contributed by atoms with Crippen LogP contribution in [0.4, 0.5) is 11.6 Å². The molecule has 1 aromatic heterocycles. The third-order valence-electron chi connectivity index (χ3n) is 4.20. The molecule has 1 aliphatic rings. The van der Waals surface area contributed by atoms with Crippen LogP contribution in [0, 0.1) is 18.8 Å².